The number of benzene rings is 2. The van der Waals surface area contributed by atoms with Crippen LogP contribution in [0.5, 0.6) is 0 Å². The largest absolute Gasteiger partial charge is 0.469 e. The summed E-state index contributed by atoms with van der Waals surface area (Å²) in [6.45, 7) is 0. The van der Waals surface area contributed by atoms with Crippen molar-refractivity contribution in [3.8, 4) is 0 Å². The van der Waals surface area contributed by atoms with E-state index in [2.05, 4.69) is 10.1 Å². The predicted octanol–water partition coefficient (Wildman–Crippen LogP) is 3.16. The number of rotatable bonds is 9. The molecular formula is C22H21F3N2O7. The van der Waals surface area contributed by atoms with Crippen LogP contribution >= 0.6 is 0 Å². The Labute approximate surface area is 192 Å². The van der Waals surface area contributed by atoms with Crippen LogP contribution in [-0.2, 0) is 36.5 Å². The minimum atomic E-state index is -4.59. The first-order valence-electron chi connectivity index (χ1n) is 9.80. The number of alkyl halides is 3. The number of hydrogen-bond acceptors (Lipinski definition) is 7. The van der Waals surface area contributed by atoms with Crippen LogP contribution in [0.4, 0.5) is 18.9 Å². The van der Waals surface area contributed by atoms with Crippen molar-refractivity contribution in [2.24, 2.45) is 0 Å². The number of carbonyl (C=O) groups is 3. The maximum absolute atomic E-state index is 12.9. The second-order valence-electron chi connectivity index (χ2n) is 7.18. The first-order chi connectivity index (χ1) is 16.0. The summed E-state index contributed by atoms with van der Waals surface area (Å²) in [5.74, 6) is -3.49. The number of halogens is 3. The van der Waals surface area contributed by atoms with Gasteiger partial charge in [-0.25, -0.2) is 4.79 Å². The van der Waals surface area contributed by atoms with Crippen LogP contribution < -0.4 is 5.32 Å². The van der Waals surface area contributed by atoms with Crippen LogP contribution in [0.15, 0.2) is 48.5 Å². The van der Waals surface area contributed by atoms with Crippen molar-refractivity contribution >= 4 is 23.5 Å². The zero-order valence-corrected chi connectivity index (χ0v) is 18.1. The van der Waals surface area contributed by atoms with Crippen molar-refractivity contribution in [2.45, 2.75) is 31.0 Å². The van der Waals surface area contributed by atoms with Gasteiger partial charge in [-0.1, -0.05) is 30.3 Å². The van der Waals surface area contributed by atoms with Crippen molar-refractivity contribution < 1.29 is 42.0 Å². The van der Waals surface area contributed by atoms with Gasteiger partial charge in [-0.05, 0) is 17.2 Å². The first kappa shape index (κ1) is 26.3. The van der Waals surface area contributed by atoms with Crippen LogP contribution in [0.3, 0.4) is 0 Å². The van der Waals surface area contributed by atoms with E-state index in [1.54, 1.807) is 0 Å². The number of ether oxygens (including phenoxy) is 2. The monoisotopic (exact) mass is 482 g/mol. The van der Waals surface area contributed by atoms with Crippen LogP contribution in [0.25, 0.3) is 0 Å². The first-order valence-corrected chi connectivity index (χ1v) is 9.80. The number of methoxy groups -OCH3 is 2. The molecule has 9 nitrogen and oxygen atoms in total. The van der Waals surface area contributed by atoms with Crippen LogP contribution in [0.1, 0.15) is 29.0 Å². The Morgan fingerprint density at radius 3 is 2.24 bits per heavy atom. The average Bonchev–Trinajstić information content (AvgIpc) is 2.80. The molecule has 2 atom stereocenters. The zero-order valence-electron chi connectivity index (χ0n) is 18.1. The quantitative estimate of drug-likeness (QED) is 0.331. The highest BCUT2D eigenvalue weighted by molar-refractivity contribution is 5.87. The van der Waals surface area contributed by atoms with Gasteiger partial charge in [0.25, 0.3) is 5.69 Å². The van der Waals surface area contributed by atoms with E-state index >= 15 is 0 Å². The SMILES string of the molecule is COC(=O)C[C@H](c1ccc([N+](=O)[O-])cc1)[C@@H](NC(=O)Cc1cccc(C(F)(F)F)c1)C(=O)OC. The molecule has 0 heterocycles. The fourth-order valence-corrected chi connectivity index (χ4v) is 3.25. The van der Waals surface area contributed by atoms with E-state index in [0.717, 1.165) is 32.4 Å². The van der Waals surface area contributed by atoms with E-state index in [1.807, 2.05) is 0 Å². The molecule has 0 aliphatic heterocycles. The number of carbonyl (C=O) groups excluding carboxylic acids is 3. The molecule has 182 valence electrons. The number of nitro groups is 1. The van der Waals surface area contributed by atoms with Crippen LogP contribution in [0, 0.1) is 10.1 Å². The molecule has 34 heavy (non-hydrogen) atoms. The van der Waals surface area contributed by atoms with E-state index in [-0.39, 0.29) is 11.3 Å². The Morgan fingerprint density at radius 1 is 1.06 bits per heavy atom. The van der Waals surface area contributed by atoms with Gasteiger partial charge < -0.3 is 14.8 Å². The molecule has 0 aromatic heterocycles. The molecule has 1 N–H and O–H groups in total. The van der Waals surface area contributed by atoms with E-state index in [9.17, 15) is 37.7 Å². The number of amides is 1. The van der Waals surface area contributed by atoms with Crippen LogP contribution in [0.2, 0.25) is 0 Å². The Bertz CT molecular complexity index is 1060. The molecule has 0 saturated heterocycles. The zero-order chi connectivity index (χ0) is 25.5. The topological polar surface area (TPSA) is 125 Å². The summed E-state index contributed by atoms with van der Waals surface area (Å²) in [5, 5.41) is 13.3. The Hall–Kier alpha value is -3.96. The third-order valence-electron chi connectivity index (χ3n) is 4.94. The number of nitrogens with one attached hydrogen (secondary N) is 1. The summed E-state index contributed by atoms with van der Waals surface area (Å²) in [4.78, 5) is 47.4. The molecule has 0 spiro atoms. The molecular weight excluding hydrogens is 461 g/mol. The number of non-ortho nitro benzene ring substituents is 1. The van der Waals surface area contributed by atoms with Gasteiger partial charge in [-0.3, -0.25) is 19.7 Å². The summed E-state index contributed by atoms with van der Waals surface area (Å²) in [6.07, 6.45) is -5.47. The minimum absolute atomic E-state index is 0.0517. The van der Waals surface area contributed by atoms with Crippen molar-refractivity contribution in [3.63, 3.8) is 0 Å². The van der Waals surface area contributed by atoms with E-state index in [0.29, 0.717) is 5.56 Å². The smallest absolute Gasteiger partial charge is 0.416 e. The second-order valence-corrected chi connectivity index (χ2v) is 7.18. The lowest BCUT2D eigenvalue weighted by Gasteiger charge is -2.26. The van der Waals surface area contributed by atoms with Crippen molar-refractivity contribution in [3.05, 3.63) is 75.3 Å². The lowest BCUT2D eigenvalue weighted by molar-refractivity contribution is -0.384. The van der Waals surface area contributed by atoms with Gasteiger partial charge in [0.1, 0.15) is 6.04 Å². The van der Waals surface area contributed by atoms with E-state index in [4.69, 9.17) is 4.74 Å². The summed E-state index contributed by atoms with van der Waals surface area (Å²) in [5.41, 5.74) is -0.818. The lowest BCUT2D eigenvalue weighted by atomic mass is 9.88. The molecule has 0 fully saturated rings. The summed E-state index contributed by atoms with van der Waals surface area (Å²) < 4.78 is 48.2. The molecule has 0 bridgehead atoms. The highest BCUT2D eigenvalue weighted by Crippen LogP contribution is 2.30. The van der Waals surface area contributed by atoms with Gasteiger partial charge in [-0.15, -0.1) is 0 Å². The maximum Gasteiger partial charge on any atom is 0.416 e. The van der Waals surface area contributed by atoms with Crippen molar-refractivity contribution in [1.29, 1.82) is 0 Å². The molecule has 0 radical (unpaired) electrons. The molecule has 12 heteroatoms. The normalized spacial score (nSPS) is 12.9. The number of nitrogens with zero attached hydrogens (tertiary/aromatic N) is 1. The molecule has 0 aliphatic rings. The average molecular weight is 482 g/mol. The Morgan fingerprint density at radius 2 is 1.71 bits per heavy atom. The highest BCUT2D eigenvalue weighted by Gasteiger charge is 2.35. The van der Waals surface area contributed by atoms with Gasteiger partial charge in [0.05, 0.1) is 37.5 Å². The van der Waals surface area contributed by atoms with Crippen molar-refractivity contribution in [1.82, 2.24) is 5.32 Å². The van der Waals surface area contributed by atoms with Gasteiger partial charge in [0, 0.05) is 18.1 Å². The fraction of sp³-hybridized carbons (Fsp3) is 0.318. The number of nitro benzene ring substituents is 1. The van der Waals surface area contributed by atoms with E-state index < -0.39 is 59.3 Å². The molecule has 2 aromatic rings. The summed E-state index contributed by atoms with van der Waals surface area (Å²) in [6, 6.07) is 7.70. The number of esters is 2. The molecule has 0 aliphatic carbocycles. The molecule has 2 rings (SSSR count). The lowest BCUT2D eigenvalue weighted by Crippen LogP contribution is -2.46. The summed E-state index contributed by atoms with van der Waals surface area (Å²) >= 11 is 0. The molecule has 0 unspecified atom stereocenters. The fourth-order valence-electron chi connectivity index (χ4n) is 3.25. The highest BCUT2D eigenvalue weighted by atomic mass is 19.4. The second kappa shape index (κ2) is 11.3. The Kier molecular flexibility index (Phi) is 8.70. The third kappa shape index (κ3) is 7.02. The standard InChI is InChI=1S/C22H21F3N2O7/c1-33-19(29)12-17(14-6-8-16(9-7-14)27(31)32)20(21(30)34-2)26-18(28)11-13-4-3-5-15(10-13)22(23,24)25/h3-10,17,20H,11-12H2,1-2H3,(H,26,28)/t17-,20-/m1/s1. The predicted molar refractivity (Wildman–Crippen MR) is 112 cm³/mol. The maximum atomic E-state index is 12.9. The molecule has 2 aromatic carbocycles. The van der Waals surface area contributed by atoms with Gasteiger partial charge >= 0.3 is 18.1 Å². The summed E-state index contributed by atoms with van der Waals surface area (Å²) in [7, 11) is 2.17. The van der Waals surface area contributed by atoms with Crippen LogP contribution in [-0.4, -0.2) is 43.0 Å². The van der Waals surface area contributed by atoms with Gasteiger partial charge in [0.15, 0.2) is 0 Å². The molecule has 1 amide bonds. The van der Waals surface area contributed by atoms with Crippen molar-refractivity contribution in [2.75, 3.05) is 14.2 Å². The molecule has 0 saturated carbocycles. The van der Waals surface area contributed by atoms with Gasteiger partial charge in [0.2, 0.25) is 5.91 Å². The minimum Gasteiger partial charge on any atom is -0.469 e. The number of hydrogen-bond donors (Lipinski definition) is 1. The van der Waals surface area contributed by atoms with E-state index in [1.165, 1.54) is 30.3 Å². The third-order valence-corrected chi connectivity index (χ3v) is 4.94. The van der Waals surface area contributed by atoms with Gasteiger partial charge in [-0.2, -0.15) is 13.2 Å². The Balaban J connectivity index is 2.34.